The molecule has 3 aliphatic rings. The molecule has 26 heavy (non-hydrogen) atoms. The first-order chi connectivity index (χ1) is 12.0. The smallest absolute Gasteiger partial charge is 0.325 e. The van der Waals surface area contributed by atoms with Crippen LogP contribution in [0.15, 0.2) is 0 Å². The topological polar surface area (TPSA) is 102 Å². The molecule has 3 saturated heterocycles. The van der Waals surface area contributed by atoms with Gasteiger partial charge in [-0.2, -0.15) is 0 Å². The van der Waals surface area contributed by atoms with Gasteiger partial charge in [-0.05, 0) is 25.8 Å². The fourth-order valence-corrected chi connectivity index (χ4v) is 3.97. The minimum absolute atomic E-state index is 0. The fraction of sp³-hybridized carbons (Fsp3) is 0.750. The zero-order chi connectivity index (χ0) is 18.0. The zero-order valence-corrected chi connectivity index (χ0v) is 15.7. The Morgan fingerprint density at radius 3 is 2.69 bits per heavy atom. The number of fused-ring (bicyclic) bond motifs is 1. The van der Waals surface area contributed by atoms with Gasteiger partial charge in [-0.1, -0.05) is 0 Å². The van der Waals surface area contributed by atoms with E-state index in [2.05, 4.69) is 10.6 Å². The van der Waals surface area contributed by atoms with E-state index in [4.69, 9.17) is 0 Å². The monoisotopic (exact) mass is 387 g/mol. The summed E-state index contributed by atoms with van der Waals surface area (Å²) in [5.41, 5.74) is 0. The van der Waals surface area contributed by atoms with Gasteiger partial charge in [0.15, 0.2) is 0 Å². The summed E-state index contributed by atoms with van der Waals surface area (Å²) in [4.78, 5) is 52.5. The van der Waals surface area contributed by atoms with E-state index in [1.807, 2.05) is 11.9 Å². The van der Waals surface area contributed by atoms with Crippen LogP contribution in [0.2, 0.25) is 0 Å². The Bertz CT molecular complexity index is 587. The number of likely N-dealkylation sites (N-methyl/N-ethyl adjacent to an activating group) is 1. The number of piperidine rings is 2. The second kappa shape index (κ2) is 8.68. The lowest BCUT2D eigenvalue weighted by Gasteiger charge is -2.47. The molecule has 2 atom stereocenters. The maximum atomic E-state index is 12.5. The van der Waals surface area contributed by atoms with Gasteiger partial charge in [-0.15, -0.1) is 12.4 Å². The SMILES string of the molecule is CNCCN1C(=O)CC[C@H]2CN(C(=O)CN3CC(=O)NC3=O)CC[C@H]21.Cl. The highest BCUT2D eigenvalue weighted by Crippen LogP contribution is 2.31. The van der Waals surface area contributed by atoms with Crippen LogP contribution in [-0.4, -0.2) is 90.8 Å². The largest absolute Gasteiger partial charge is 0.341 e. The van der Waals surface area contributed by atoms with E-state index < -0.39 is 6.03 Å². The van der Waals surface area contributed by atoms with Gasteiger partial charge < -0.3 is 20.0 Å². The molecule has 0 aromatic carbocycles. The molecule has 0 aromatic heterocycles. The highest BCUT2D eigenvalue weighted by atomic mass is 35.5. The second-order valence-electron chi connectivity index (χ2n) is 6.89. The zero-order valence-electron chi connectivity index (χ0n) is 14.9. The highest BCUT2D eigenvalue weighted by Gasteiger charge is 2.40. The van der Waals surface area contributed by atoms with Gasteiger partial charge in [0.25, 0.3) is 0 Å². The van der Waals surface area contributed by atoms with Crippen LogP contribution in [0.5, 0.6) is 0 Å². The molecular weight excluding hydrogens is 362 g/mol. The number of hydrogen-bond donors (Lipinski definition) is 2. The van der Waals surface area contributed by atoms with Gasteiger partial charge in [0.2, 0.25) is 17.7 Å². The molecule has 146 valence electrons. The van der Waals surface area contributed by atoms with Crippen LogP contribution in [0.1, 0.15) is 19.3 Å². The fourth-order valence-electron chi connectivity index (χ4n) is 3.97. The van der Waals surface area contributed by atoms with Gasteiger partial charge in [0, 0.05) is 38.6 Å². The third-order valence-corrected chi connectivity index (χ3v) is 5.29. The number of amides is 5. The lowest BCUT2D eigenvalue weighted by atomic mass is 9.83. The minimum Gasteiger partial charge on any atom is -0.341 e. The Morgan fingerprint density at radius 2 is 2.04 bits per heavy atom. The molecule has 0 radical (unpaired) electrons. The first-order valence-electron chi connectivity index (χ1n) is 8.80. The number of rotatable bonds is 5. The van der Waals surface area contributed by atoms with Crippen LogP contribution in [0.4, 0.5) is 4.79 Å². The first kappa shape index (κ1) is 20.4. The number of halogens is 1. The van der Waals surface area contributed by atoms with Crippen molar-refractivity contribution in [1.82, 2.24) is 25.3 Å². The predicted octanol–water partition coefficient (Wildman–Crippen LogP) is -0.981. The van der Waals surface area contributed by atoms with Crippen molar-refractivity contribution >= 4 is 36.2 Å². The molecule has 5 amide bonds. The summed E-state index contributed by atoms with van der Waals surface area (Å²) in [5.74, 6) is -0.0331. The van der Waals surface area contributed by atoms with E-state index in [-0.39, 0.29) is 55.2 Å². The average Bonchev–Trinajstić information content (AvgIpc) is 2.90. The third-order valence-electron chi connectivity index (χ3n) is 5.29. The van der Waals surface area contributed by atoms with Gasteiger partial charge >= 0.3 is 6.03 Å². The Balaban J connectivity index is 0.00000243. The molecule has 0 aliphatic carbocycles. The van der Waals surface area contributed by atoms with Crippen LogP contribution >= 0.6 is 12.4 Å². The maximum Gasteiger partial charge on any atom is 0.325 e. The Kier molecular flexibility index (Phi) is 6.82. The summed E-state index contributed by atoms with van der Waals surface area (Å²) in [6.07, 6.45) is 2.08. The third kappa shape index (κ3) is 4.27. The summed E-state index contributed by atoms with van der Waals surface area (Å²) in [6, 6.07) is -0.315. The van der Waals surface area contributed by atoms with Crippen LogP contribution in [0, 0.1) is 5.92 Å². The van der Waals surface area contributed by atoms with Crippen molar-refractivity contribution in [3.05, 3.63) is 0 Å². The Morgan fingerprint density at radius 1 is 1.27 bits per heavy atom. The number of hydrogen-bond acceptors (Lipinski definition) is 5. The summed E-state index contributed by atoms with van der Waals surface area (Å²) in [6.45, 7) is 2.51. The Hall–Kier alpha value is -1.87. The van der Waals surface area contributed by atoms with Crippen molar-refractivity contribution in [3.8, 4) is 0 Å². The molecule has 2 N–H and O–H groups in total. The van der Waals surface area contributed by atoms with E-state index in [1.165, 1.54) is 4.90 Å². The van der Waals surface area contributed by atoms with Gasteiger partial charge in [-0.3, -0.25) is 19.7 Å². The molecular formula is C16H26ClN5O4. The molecule has 9 nitrogen and oxygen atoms in total. The van der Waals surface area contributed by atoms with Crippen molar-refractivity contribution in [2.45, 2.75) is 25.3 Å². The average molecular weight is 388 g/mol. The number of likely N-dealkylation sites (tertiary alicyclic amines) is 2. The van der Waals surface area contributed by atoms with Crippen molar-refractivity contribution < 1.29 is 19.2 Å². The number of nitrogens with zero attached hydrogens (tertiary/aromatic N) is 3. The molecule has 3 heterocycles. The molecule has 0 saturated carbocycles. The lowest BCUT2D eigenvalue weighted by Crippen LogP contribution is -2.58. The van der Waals surface area contributed by atoms with E-state index in [1.54, 1.807) is 4.90 Å². The molecule has 10 heteroatoms. The van der Waals surface area contributed by atoms with Gasteiger partial charge in [-0.25, -0.2) is 4.79 Å². The summed E-state index contributed by atoms with van der Waals surface area (Å²) in [7, 11) is 1.87. The highest BCUT2D eigenvalue weighted by molar-refractivity contribution is 6.03. The number of urea groups is 1. The standard InChI is InChI=1S/C16H25N5O4.ClH/c1-17-5-7-21-12-4-6-19(8-11(12)2-3-14(21)23)15(24)10-20-9-13(22)18-16(20)25;/h11-12,17H,2-10H2,1H3,(H,18,22,25);1H/t11-,12+;/m0./s1. The number of carbonyl (C=O) groups is 4. The normalized spacial score (nSPS) is 25.7. The van der Waals surface area contributed by atoms with Crippen molar-refractivity contribution in [1.29, 1.82) is 0 Å². The Labute approximate surface area is 158 Å². The summed E-state index contributed by atoms with van der Waals surface area (Å²) >= 11 is 0. The second-order valence-corrected chi connectivity index (χ2v) is 6.89. The van der Waals surface area contributed by atoms with Crippen LogP contribution < -0.4 is 10.6 Å². The minimum atomic E-state index is -0.505. The van der Waals surface area contributed by atoms with E-state index in [0.717, 1.165) is 19.4 Å². The van der Waals surface area contributed by atoms with Crippen LogP contribution in [0.25, 0.3) is 0 Å². The lowest BCUT2D eigenvalue weighted by molar-refractivity contribution is -0.144. The van der Waals surface area contributed by atoms with E-state index >= 15 is 0 Å². The molecule has 0 bridgehead atoms. The summed E-state index contributed by atoms with van der Waals surface area (Å²) < 4.78 is 0. The number of carbonyl (C=O) groups excluding carboxylic acids is 4. The van der Waals surface area contributed by atoms with E-state index in [0.29, 0.717) is 26.1 Å². The summed E-state index contributed by atoms with van der Waals surface area (Å²) in [5, 5.41) is 5.25. The predicted molar refractivity (Wildman–Crippen MR) is 95.7 cm³/mol. The van der Waals surface area contributed by atoms with Crippen molar-refractivity contribution in [3.63, 3.8) is 0 Å². The first-order valence-corrected chi connectivity index (χ1v) is 8.80. The molecule has 3 fully saturated rings. The molecule has 0 aromatic rings. The molecule has 0 spiro atoms. The van der Waals surface area contributed by atoms with Crippen LogP contribution in [-0.2, 0) is 14.4 Å². The van der Waals surface area contributed by atoms with Crippen LogP contribution in [0.3, 0.4) is 0 Å². The maximum absolute atomic E-state index is 12.5. The molecule has 0 unspecified atom stereocenters. The van der Waals surface area contributed by atoms with Crippen molar-refractivity contribution in [2.24, 2.45) is 5.92 Å². The number of imide groups is 1. The van der Waals surface area contributed by atoms with Crippen molar-refractivity contribution in [2.75, 3.05) is 46.3 Å². The van der Waals surface area contributed by atoms with Gasteiger partial charge in [0.05, 0.1) is 0 Å². The number of nitrogens with one attached hydrogen (secondary N) is 2. The quantitative estimate of drug-likeness (QED) is 0.590. The molecule has 3 rings (SSSR count). The molecule has 3 aliphatic heterocycles. The van der Waals surface area contributed by atoms with Gasteiger partial charge in [0.1, 0.15) is 13.1 Å². The van der Waals surface area contributed by atoms with E-state index in [9.17, 15) is 19.2 Å².